The zero-order valence-electron chi connectivity index (χ0n) is 16.1. The molecule has 30 heavy (non-hydrogen) atoms. The van der Waals surface area contributed by atoms with Crippen LogP contribution in [0.25, 0.3) is 10.8 Å². The Morgan fingerprint density at radius 2 is 1.67 bits per heavy atom. The molecule has 6 heteroatoms. The predicted molar refractivity (Wildman–Crippen MR) is 116 cm³/mol. The van der Waals surface area contributed by atoms with Crippen molar-refractivity contribution in [2.24, 2.45) is 0 Å². The highest BCUT2D eigenvalue weighted by Crippen LogP contribution is 2.37. The molecule has 4 rings (SSSR count). The molecule has 3 nitrogen and oxygen atoms in total. The fourth-order valence-corrected chi connectivity index (χ4v) is 4.99. The zero-order valence-corrected chi connectivity index (χ0v) is 17.7. The lowest BCUT2D eigenvalue weighted by atomic mass is 10.1. The van der Waals surface area contributed by atoms with Gasteiger partial charge in [-0.2, -0.15) is 0 Å². The minimum Gasteiger partial charge on any atom is -0.487 e. The van der Waals surface area contributed by atoms with Gasteiger partial charge in [-0.3, -0.25) is 0 Å². The van der Waals surface area contributed by atoms with Crippen molar-refractivity contribution in [1.82, 2.24) is 0 Å². The van der Waals surface area contributed by atoms with E-state index in [1.54, 1.807) is 43.3 Å². The third-order valence-corrected chi connectivity index (χ3v) is 6.93. The summed E-state index contributed by atoms with van der Waals surface area (Å²) in [6.45, 7) is 1.71. The summed E-state index contributed by atoms with van der Waals surface area (Å²) in [5, 5.41) is 1.74. The molecule has 0 atom stereocenters. The number of benzene rings is 4. The van der Waals surface area contributed by atoms with E-state index in [-0.39, 0.29) is 22.1 Å². The van der Waals surface area contributed by atoms with Crippen LogP contribution < -0.4 is 4.74 Å². The molecule has 0 aliphatic rings. The van der Waals surface area contributed by atoms with Gasteiger partial charge in [-0.05, 0) is 54.3 Å². The Kier molecular flexibility index (Phi) is 5.50. The predicted octanol–water partition coefficient (Wildman–Crippen LogP) is 6.35. The van der Waals surface area contributed by atoms with Crippen LogP contribution in [0.3, 0.4) is 0 Å². The number of hydrogen-bond donors (Lipinski definition) is 0. The number of sulfone groups is 1. The van der Waals surface area contributed by atoms with Crippen molar-refractivity contribution in [1.29, 1.82) is 0 Å². The molecule has 0 radical (unpaired) electrons. The average Bonchev–Trinajstić information content (AvgIpc) is 2.73. The molecule has 0 aromatic heterocycles. The minimum atomic E-state index is -3.91. The maximum atomic E-state index is 14.2. The first-order chi connectivity index (χ1) is 14.4. The Morgan fingerprint density at radius 3 is 2.40 bits per heavy atom. The molecule has 0 unspecified atom stereocenters. The van der Waals surface area contributed by atoms with E-state index in [4.69, 9.17) is 16.3 Å². The monoisotopic (exact) mass is 440 g/mol. The van der Waals surface area contributed by atoms with E-state index in [0.717, 1.165) is 10.9 Å². The first-order valence-corrected chi connectivity index (χ1v) is 11.1. The van der Waals surface area contributed by atoms with E-state index in [0.29, 0.717) is 16.0 Å². The van der Waals surface area contributed by atoms with E-state index in [2.05, 4.69) is 0 Å². The second kappa shape index (κ2) is 8.09. The van der Waals surface area contributed by atoms with Gasteiger partial charge in [0.25, 0.3) is 0 Å². The molecule has 0 fully saturated rings. The van der Waals surface area contributed by atoms with Gasteiger partial charge >= 0.3 is 0 Å². The summed E-state index contributed by atoms with van der Waals surface area (Å²) in [5.74, 6) is -0.221. The first kappa shape index (κ1) is 20.4. The quantitative estimate of drug-likeness (QED) is 0.363. The molecule has 0 heterocycles. The lowest BCUT2D eigenvalue weighted by molar-refractivity contribution is 0.293. The highest BCUT2D eigenvalue weighted by Gasteiger charge is 2.25. The van der Waals surface area contributed by atoms with Crippen molar-refractivity contribution in [3.63, 3.8) is 0 Å². The van der Waals surface area contributed by atoms with Crippen molar-refractivity contribution in [2.45, 2.75) is 23.3 Å². The Balaban J connectivity index is 1.83. The molecule has 0 N–H and O–H groups in total. The van der Waals surface area contributed by atoms with Gasteiger partial charge in [0.2, 0.25) is 9.84 Å². The third kappa shape index (κ3) is 3.91. The Labute approximate surface area is 179 Å². The normalized spacial score (nSPS) is 11.6. The average molecular weight is 441 g/mol. The third-order valence-electron chi connectivity index (χ3n) is 4.83. The summed E-state index contributed by atoms with van der Waals surface area (Å²) in [6, 6.07) is 21.4. The Hall–Kier alpha value is -2.89. The lowest BCUT2D eigenvalue weighted by Crippen LogP contribution is -2.07. The van der Waals surface area contributed by atoms with Crippen LogP contribution in [0.15, 0.2) is 88.7 Å². The summed E-state index contributed by atoms with van der Waals surface area (Å²) in [7, 11) is -3.91. The molecule has 0 aliphatic heterocycles. The Morgan fingerprint density at radius 1 is 0.933 bits per heavy atom. The second-order valence-corrected chi connectivity index (χ2v) is 9.28. The van der Waals surface area contributed by atoms with E-state index in [9.17, 15) is 12.8 Å². The van der Waals surface area contributed by atoms with Gasteiger partial charge in [0.05, 0.1) is 4.90 Å². The molecule has 0 amide bonds. The van der Waals surface area contributed by atoms with E-state index >= 15 is 0 Å². The van der Waals surface area contributed by atoms with Gasteiger partial charge in [0.15, 0.2) is 0 Å². The summed E-state index contributed by atoms with van der Waals surface area (Å²) < 4.78 is 47.1. The minimum absolute atomic E-state index is 0.0513. The van der Waals surface area contributed by atoms with Gasteiger partial charge in [0, 0.05) is 16.0 Å². The van der Waals surface area contributed by atoms with E-state index < -0.39 is 15.7 Å². The van der Waals surface area contributed by atoms with Crippen molar-refractivity contribution in [2.75, 3.05) is 0 Å². The molecule has 0 bridgehead atoms. The lowest BCUT2D eigenvalue weighted by Gasteiger charge is -2.15. The summed E-state index contributed by atoms with van der Waals surface area (Å²) >= 11 is 5.92. The molecule has 0 aliphatic carbocycles. The maximum absolute atomic E-state index is 14.2. The number of ether oxygens (including phenoxy) is 1. The number of aryl methyl sites for hydroxylation is 1. The molecule has 4 aromatic rings. The van der Waals surface area contributed by atoms with Crippen molar-refractivity contribution < 1.29 is 17.5 Å². The van der Waals surface area contributed by atoms with Crippen LogP contribution in [0.5, 0.6) is 5.75 Å². The van der Waals surface area contributed by atoms with Crippen molar-refractivity contribution >= 4 is 32.2 Å². The first-order valence-electron chi connectivity index (χ1n) is 9.26. The molecule has 0 saturated carbocycles. The molecule has 0 spiro atoms. The van der Waals surface area contributed by atoms with Gasteiger partial charge in [-0.25, -0.2) is 12.8 Å². The SMILES string of the molecule is Cc1ccc(COc2ccc3ccccc3c2S(=O)(=O)c2ccc(Cl)cc2)c(F)c1. The molecule has 152 valence electrons. The standard InChI is InChI=1S/C24H18ClFO3S/c1-16-6-7-18(22(26)14-16)15-29-23-13-8-17-4-2-3-5-21(17)24(23)30(27,28)20-11-9-19(25)10-12-20/h2-14H,15H2,1H3. The van der Waals surface area contributed by atoms with Crippen molar-refractivity contribution in [3.05, 3.63) is 101 Å². The zero-order chi connectivity index (χ0) is 21.3. The maximum Gasteiger partial charge on any atom is 0.210 e. The Bertz CT molecular complexity index is 1330. The van der Waals surface area contributed by atoms with Gasteiger partial charge < -0.3 is 4.74 Å². The van der Waals surface area contributed by atoms with Crippen LogP contribution in [0.2, 0.25) is 5.02 Å². The van der Waals surface area contributed by atoms with Crippen LogP contribution in [0, 0.1) is 12.7 Å². The van der Waals surface area contributed by atoms with Crippen LogP contribution in [-0.2, 0) is 16.4 Å². The number of halogens is 2. The van der Waals surface area contributed by atoms with Crippen LogP contribution in [0.1, 0.15) is 11.1 Å². The highest BCUT2D eigenvalue weighted by molar-refractivity contribution is 7.91. The summed E-state index contributed by atoms with van der Waals surface area (Å²) in [6.07, 6.45) is 0. The van der Waals surface area contributed by atoms with Gasteiger partial charge in [-0.15, -0.1) is 0 Å². The van der Waals surface area contributed by atoms with Gasteiger partial charge in [0.1, 0.15) is 23.1 Å². The van der Waals surface area contributed by atoms with Crippen LogP contribution >= 0.6 is 11.6 Å². The van der Waals surface area contributed by atoms with E-state index in [1.807, 2.05) is 12.1 Å². The number of rotatable bonds is 5. The van der Waals surface area contributed by atoms with Gasteiger partial charge in [-0.1, -0.05) is 54.1 Å². The fourth-order valence-electron chi connectivity index (χ4n) is 3.27. The fraction of sp³-hybridized carbons (Fsp3) is 0.0833. The topological polar surface area (TPSA) is 43.4 Å². The summed E-state index contributed by atoms with van der Waals surface area (Å²) in [4.78, 5) is 0.157. The van der Waals surface area contributed by atoms with Crippen LogP contribution in [-0.4, -0.2) is 8.42 Å². The van der Waals surface area contributed by atoms with Crippen molar-refractivity contribution in [3.8, 4) is 5.75 Å². The molecular weight excluding hydrogens is 423 g/mol. The van der Waals surface area contributed by atoms with E-state index in [1.165, 1.54) is 30.3 Å². The molecule has 0 saturated heterocycles. The highest BCUT2D eigenvalue weighted by atomic mass is 35.5. The number of fused-ring (bicyclic) bond motifs is 1. The largest absolute Gasteiger partial charge is 0.487 e. The molecule has 4 aromatic carbocycles. The second-order valence-electron chi connectivity index (χ2n) is 6.95. The summed E-state index contributed by atoms with van der Waals surface area (Å²) in [5.41, 5.74) is 1.15. The molecular formula is C24H18ClFO3S. The smallest absolute Gasteiger partial charge is 0.210 e. The van der Waals surface area contributed by atoms with Crippen LogP contribution in [0.4, 0.5) is 4.39 Å². The number of hydrogen-bond acceptors (Lipinski definition) is 3.